The van der Waals surface area contributed by atoms with E-state index in [1.165, 1.54) is 0 Å². The molecule has 0 spiro atoms. The van der Waals surface area contributed by atoms with Gasteiger partial charge in [0, 0.05) is 11.6 Å². The third-order valence-corrected chi connectivity index (χ3v) is 5.72. The van der Waals surface area contributed by atoms with Crippen molar-refractivity contribution < 1.29 is 13.6 Å². The molecular formula is C23H24F2N6O. The molecule has 2 heterocycles. The van der Waals surface area contributed by atoms with Gasteiger partial charge in [-0.1, -0.05) is 18.2 Å². The Bertz CT molecular complexity index is 1100. The van der Waals surface area contributed by atoms with E-state index in [-0.39, 0.29) is 29.3 Å². The van der Waals surface area contributed by atoms with Crippen molar-refractivity contribution in [1.29, 1.82) is 0 Å². The van der Waals surface area contributed by atoms with Gasteiger partial charge < -0.3 is 11.1 Å². The second kappa shape index (κ2) is 9.35. The van der Waals surface area contributed by atoms with Crippen molar-refractivity contribution in [2.45, 2.75) is 25.8 Å². The number of hydrogen-bond donors (Lipinski definition) is 2. The lowest BCUT2D eigenvalue weighted by molar-refractivity contribution is 0.0792. The molecule has 0 aliphatic carbocycles. The van der Waals surface area contributed by atoms with Crippen molar-refractivity contribution in [3.05, 3.63) is 71.6 Å². The van der Waals surface area contributed by atoms with Gasteiger partial charge in [0.25, 0.3) is 0 Å². The first-order valence-electron chi connectivity index (χ1n) is 10.5. The van der Waals surface area contributed by atoms with Gasteiger partial charge >= 0.3 is 0 Å². The van der Waals surface area contributed by atoms with Crippen molar-refractivity contribution in [2.24, 2.45) is 5.92 Å². The summed E-state index contributed by atoms with van der Waals surface area (Å²) in [5.74, 6) is -1.01. The van der Waals surface area contributed by atoms with Crippen LogP contribution in [0.25, 0.3) is 0 Å². The number of nitrogens with two attached hydrogens (primary N) is 1. The molecule has 0 bridgehead atoms. The van der Waals surface area contributed by atoms with Gasteiger partial charge in [0.1, 0.15) is 11.6 Å². The van der Waals surface area contributed by atoms with E-state index in [1.807, 2.05) is 37.3 Å². The molecule has 3 N–H and O–H groups in total. The molecule has 1 aliphatic heterocycles. The summed E-state index contributed by atoms with van der Waals surface area (Å²) in [7, 11) is 0. The molecule has 1 saturated heterocycles. The number of carbonyl (C=O) groups excluding carboxylic acids is 1. The fraction of sp³-hybridized carbons (Fsp3) is 0.304. The van der Waals surface area contributed by atoms with Gasteiger partial charge in [0.05, 0.1) is 11.6 Å². The monoisotopic (exact) mass is 438 g/mol. The maximum Gasteiger partial charge on any atom is 0.232 e. The summed E-state index contributed by atoms with van der Waals surface area (Å²) < 4.78 is 27.5. The number of halogens is 2. The Morgan fingerprint density at radius 1 is 1.09 bits per heavy atom. The van der Waals surface area contributed by atoms with Gasteiger partial charge in [-0.2, -0.15) is 15.0 Å². The Morgan fingerprint density at radius 3 is 2.53 bits per heavy atom. The van der Waals surface area contributed by atoms with Crippen molar-refractivity contribution in [3.63, 3.8) is 0 Å². The van der Waals surface area contributed by atoms with E-state index in [9.17, 15) is 13.6 Å². The summed E-state index contributed by atoms with van der Waals surface area (Å²) in [4.78, 5) is 27.8. The molecule has 0 saturated carbocycles. The second-order valence-electron chi connectivity index (χ2n) is 7.84. The quantitative estimate of drug-likeness (QED) is 0.559. The number of aromatic nitrogens is 3. The van der Waals surface area contributed by atoms with Crippen LogP contribution in [0.15, 0.2) is 48.5 Å². The molecule has 1 aliphatic rings. The third kappa shape index (κ3) is 4.88. The van der Waals surface area contributed by atoms with Crippen LogP contribution in [0.2, 0.25) is 0 Å². The van der Waals surface area contributed by atoms with Crippen molar-refractivity contribution in [1.82, 2.24) is 19.9 Å². The van der Waals surface area contributed by atoms with Gasteiger partial charge in [-0.05, 0) is 63.2 Å². The number of carbonyl (C=O) groups is 1. The summed E-state index contributed by atoms with van der Waals surface area (Å²) >= 11 is 0. The first kappa shape index (κ1) is 21.8. The number of hydrogen-bond acceptors (Lipinski definition) is 7. The minimum absolute atomic E-state index is 0.118. The Kier molecular flexibility index (Phi) is 6.36. The minimum Gasteiger partial charge on any atom is -0.368 e. The molecule has 1 aromatic heterocycles. The van der Waals surface area contributed by atoms with Gasteiger partial charge in [0.15, 0.2) is 11.6 Å². The van der Waals surface area contributed by atoms with Crippen LogP contribution < -0.4 is 11.1 Å². The molecule has 9 heteroatoms. The van der Waals surface area contributed by atoms with Gasteiger partial charge in [-0.3, -0.25) is 9.69 Å². The van der Waals surface area contributed by atoms with Crippen LogP contribution in [0.3, 0.4) is 0 Å². The molecule has 1 atom stereocenters. The van der Waals surface area contributed by atoms with E-state index in [0.29, 0.717) is 37.7 Å². The average molecular weight is 438 g/mol. The van der Waals surface area contributed by atoms with E-state index in [2.05, 4.69) is 25.2 Å². The molecule has 166 valence electrons. The second-order valence-corrected chi connectivity index (χ2v) is 7.84. The van der Waals surface area contributed by atoms with Crippen LogP contribution in [-0.2, 0) is 0 Å². The highest BCUT2D eigenvalue weighted by Crippen LogP contribution is 2.28. The van der Waals surface area contributed by atoms with Gasteiger partial charge in [-0.25, -0.2) is 8.78 Å². The molecule has 7 nitrogen and oxygen atoms in total. The number of ketones is 1. The fourth-order valence-corrected chi connectivity index (χ4v) is 3.92. The number of rotatable bonds is 6. The third-order valence-electron chi connectivity index (χ3n) is 5.72. The largest absolute Gasteiger partial charge is 0.368 e. The average Bonchev–Trinajstić information content (AvgIpc) is 2.80. The number of para-hydroxylation sites is 1. The molecule has 1 unspecified atom stereocenters. The molecule has 0 amide bonds. The van der Waals surface area contributed by atoms with Crippen LogP contribution in [0.4, 0.5) is 26.4 Å². The summed E-state index contributed by atoms with van der Waals surface area (Å²) in [6.07, 6.45) is 1.07. The molecule has 0 radical (unpaired) electrons. The molecule has 32 heavy (non-hydrogen) atoms. The fourth-order valence-electron chi connectivity index (χ4n) is 3.92. The number of anilines is 3. The SMILES string of the molecule is CC(c1nc(N)nc(Nc2ccccc2)n1)N1CCC(C(=O)c2cc(F)ccc2F)CC1. The Morgan fingerprint density at radius 2 is 1.81 bits per heavy atom. The standard InChI is InChI=1S/C23H24F2N6O/c1-14(21-28-22(26)30-23(29-21)27-17-5-3-2-4-6-17)31-11-9-15(10-12-31)20(32)18-13-16(24)7-8-19(18)25/h2-8,13-15H,9-12H2,1H3,(H3,26,27,28,29,30). The summed E-state index contributed by atoms with van der Waals surface area (Å²) in [6.45, 7) is 3.17. The molecule has 3 aromatic rings. The van der Waals surface area contributed by atoms with Crippen LogP contribution >= 0.6 is 0 Å². The summed E-state index contributed by atoms with van der Waals surface area (Å²) in [5.41, 5.74) is 6.55. The summed E-state index contributed by atoms with van der Waals surface area (Å²) in [6, 6.07) is 12.3. The Balaban J connectivity index is 1.42. The van der Waals surface area contributed by atoms with Crippen LogP contribution in [0.1, 0.15) is 42.0 Å². The lowest BCUT2D eigenvalue weighted by atomic mass is 9.88. The zero-order valence-electron chi connectivity index (χ0n) is 17.6. The lowest BCUT2D eigenvalue weighted by Crippen LogP contribution is -2.38. The number of likely N-dealkylation sites (tertiary alicyclic amines) is 1. The van der Waals surface area contributed by atoms with Gasteiger partial charge in [0.2, 0.25) is 11.9 Å². The number of benzene rings is 2. The van der Waals surface area contributed by atoms with Crippen molar-refractivity contribution in [2.75, 3.05) is 24.1 Å². The molecular weight excluding hydrogens is 414 g/mol. The zero-order chi connectivity index (χ0) is 22.7. The maximum atomic E-state index is 14.0. The molecule has 1 fully saturated rings. The van der Waals surface area contributed by atoms with Crippen molar-refractivity contribution in [3.8, 4) is 0 Å². The van der Waals surface area contributed by atoms with Crippen LogP contribution in [0, 0.1) is 17.6 Å². The number of piperidine rings is 1. The zero-order valence-corrected chi connectivity index (χ0v) is 17.6. The van der Waals surface area contributed by atoms with Gasteiger partial charge in [-0.15, -0.1) is 0 Å². The highest BCUT2D eigenvalue weighted by molar-refractivity contribution is 5.98. The highest BCUT2D eigenvalue weighted by Gasteiger charge is 2.30. The Labute approximate surface area is 184 Å². The highest BCUT2D eigenvalue weighted by atomic mass is 19.1. The maximum absolute atomic E-state index is 14.0. The molecule has 4 rings (SSSR count). The van der Waals surface area contributed by atoms with Crippen LogP contribution in [-0.4, -0.2) is 38.7 Å². The van der Waals surface area contributed by atoms with E-state index < -0.39 is 11.6 Å². The van der Waals surface area contributed by atoms with E-state index >= 15 is 0 Å². The number of Topliss-reactive ketones (excluding diaryl/α,β-unsaturated/α-hetero) is 1. The normalized spacial score (nSPS) is 16.0. The summed E-state index contributed by atoms with van der Waals surface area (Å²) in [5, 5.41) is 3.12. The minimum atomic E-state index is -0.689. The number of nitrogen functional groups attached to an aromatic ring is 1. The van der Waals surface area contributed by atoms with E-state index in [1.54, 1.807) is 0 Å². The number of nitrogens with zero attached hydrogens (tertiary/aromatic N) is 4. The first-order chi connectivity index (χ1) is 15.4. The van der Waals surface area contributed by atoms with Crippen molar-refractivity contribution >= 4 is 23.4 Å². The van der Waals surface area contributed by atoms with Crippen LogP contribution in [0.5, 0.6) is 0 Å². The van der Waals surface area contributed by atoms with E-state index in [4.69, 9.17) is 5.73 Å². The lowest BCUT2D eigenvalue weighted by Gasteiger charge is -2.34. The predicted molar refractivity (Wildman–Crippen MR) is 117 cm³/mol. The Hall–Kier alpha value is -3.46. The predicted octanol–water partition coefficient (Wildman–Crippen LogP) is 4.13. The smallest absolute Gasteiger partial charge is 0.232 e. The number of nitrogens with one attached hydrogen (secondary N) is 1. The topological polar surface area (TPSA) is 97.0 Å². The first-order valence-corrected chi connectivity index (χ1v) is 10.5. The molecule has 2 aromatic carbocycles. The van der Waals surface area contributed by atoms with E-state index in [0.717, 1.165) is 23.9 Å².